The topological polar surface area (TPSA) is 40.2 Å². The van der Waals surface area contributed by atoms with E-state index < -0.39 is 0 Å². The molecule has 78 valence electrons. The molecule has 0 aliphatic carbocycles. The van der Waals surface area contributed by atoms with Crippen LogP contribution in [0.3, 0.4) is 0 Å². The monoisotopic (exact) mass is 202 g/mol. The zero-order valence-corrected chi connectivity index (χ0v) is 8.47. The summed E-state index contributed by atoms with van der Waals surface area (Å²) in [5.41, 5.74) is 6.48. The summed E-state index contributed by atoms with van der Waals surface area (Å²) in [7, 11) is 0. The van der Waals surface area contributed by atoms with Crippen molar-refractivity contribution in [2.75, 3.05) is 13.2 Å². The van der Waals surface area contributed by atoms with E-state index in [1.807, 2.05) is 53.4 Å². The number of hydrogen-bond acceptors (Lipinski definition) is 2. The quantitative estimate of drug-likeness (QED) is 0.821. The Morgan fingerprint density at radius 3 is 2.33 bits per heavy atom. The van der Waals surface area contributed by atoms with Crippen molar-refractivity contribution < 1.29 is 4.74 Å². The van der Waals surface area contributed by atoms with Gasteiger partial charge in [0.25, 0.3) is 0 Å². The average Bonchev–Trinajstić information content (AvgIpc) is 2.80. The van der Waals surface area contributed by atoms with Crippen LogP contribution in [0, 0.1) is 0 Å². The van der Waals surface area contributed by atoms with Gasteiger partial charge in [-0.3, -0.25) is 0 Å². The van der Waals surface area contributed by atoms with Crippen molar-refractivity contribution in [1.29, 1.82) is 0 Å². The smallest absolute Gasteiger partial charge is 0.119 e. The fraction of sp³-hybridized carbons (Fsp3) is 0.167. The third-order valence-electron chi connectivity index (χ3n) is 2.13. The van der Waals surface area contributed by atoms with E-state index in [2.05, 4.69) is 0 Å². The fourth-order valence-corrected chi connectivity index (χ4v) is 1.40. The van der Waals surface area contributed by atoms with Crippen molar-refractivity contribution in [3.05, 3.63) is 48.8 Å². The van der Waals surface area contributed by atoms with Crippen molar-refractivity contribution >= 4 is 0 Å². The number of aromatic nitrogens is 1. The molecule has 0 aliphatic rings. The minimum atomic E-state index is 0.541. The molecule has 1 heterocycles. The maximum atomic E-state index is 5.39. The van der Waals surface area contributed by atoms with E-state index >= 15 is 0 Å². The Kier molecular flexibility index (Phi) is 3.05. The van der Waals surface area contributed by atoms with Gasteiger partial charge in [-0.2, -0.15) is 0 Å². The molecule has 0 saturated carbocycles. The number of ether oxygens (including phenoxy) is 1. The van der Waals surface area contributed by atoms with Gasteiger partial charge in [-0.05, 0) is 36.4 Å². The van der Waals surface area contributed by atoms with Crippen LogP contribution in [-0.4, -0.2) is 17.7 Å². The van der Waals surface area contributed by atoms with Crippen LogP contribution >= 0.6 is 0 Å². The lowest BCUT2D eigenvalue weighted by Crippen LogP contribution is -2.10. The molecule has 1 aromatic heterocycles. The summed E-state index contributed by atoms with van der Waals surface area (Å²) in [5, 5.41) is 0. The van der Waals surface area contributed by atoms with Gasteiger partial charge in [-0.1, -0.05) is 0 Å². The molecule has 2 N–H and O–H groups in total. The van der Waals surface area contributed by atoms with Gasteiger partial charge in [-0.25, -0.2) is 0 Å². The number of rotatable bonds is 4. The zero-order valence-electron chi connectivity index (χ0n) is 8.47. The summed E-state index contributed by atoms with van der Waals surface area (Å²) >= 11 is 0. The Bertz CT molecular complexity index is 392. The second kappa shape index (κ2) is 4.66. The van der Waals surface area contributed by atoms with Crippen LogP contribution < -0.4 is 10.5 Å². The highest BCUT2D eigenvalue weighted by molar-refractivity contribution is 5.37. The van der Waals surface area contributed by atoms with E-state index in [-0.39, 0.29) is 0 Å². The number of hydrogen-bond donors (Lipinski definition) is 1. The molecule has 0 bridgehead atoms. The van der Waals surface area contributed by atoms with Gasteiger partial charge in [-0.15, -0.1) is 0 Å². The van der Waals surface area contributed by atoms with E-state index in [0.717, 1.165) is 11.4 Å². The standard InChI is InChI=1S/C12H14N2O/c13-7-10-15-12-5-3-11(4-6-12)14-8-1-2-9-14/h1-6,8-9H,7,10,13H2. The first kappa shape index (κ1) is 9.80. The Hall–Kier alpha value is -1.74. The summed E-state index contributed by atoms with van der Waals surface area (Å²) < 4.78 is 7.44. The first-order valence-corrected chi connectivity index (χ1v) is 4.96. The summed E-state index contributed by atoms with van der Waals surface area (Å²) in [5.74, 6) is 0.858. The number of nitrogens with zero attached hydrogens (tertiary/aromatic N) is 1. The van der Waals surface area contributed by atoms with Crippen molar-refractivity contribution in [3.8, 4) is 11.4 Å². The minimum absolute atomic E-state index is 0.541. The predicted octanol–water partition coefficient (Wildman–Crippen LogP) is 1.81. The molecule has 0 amide bonds. The lowest BCUT2D eigenvalue weighted by atomic mass is 10.3. The zero-order chi connectivity index (χ0) is 10.5. The molecule has 0 radical (unpaired) electrons. The Labute approximate surface area is 89.1 Å². The van der Waals surface area contributed by atoms with Gasteiger partial charge >= 0.3 is 0 Å². The summed E-state index contributed by atoms with van der Waals surface area (Å²) in [6, 6.07) is 11.9. The minimum Gasteiger partial charge on any atom is -0.492 e. The molecule has 2 rings (SSSR count). The average molecular weight is 202 g/mol. The van der Waals surface area contributed by atoms with E-state index in [1.165, 1.54) is 0 Å². The molecule has 0 spiro atoms. The first-order chi connectivity index (χ1) is 7.40. The predicted molar refractivity (Wildman–Crippen MR) is 60.3 cm³/mol. The molecule has 3 heteroatoms. The molecular formula is C12H14N2O. The van der Waals surface area contributed by atoms with Crippen LogP contribution in [0.1, 0.15) is 0 Å². The summed E-state index contributed by atoms with van der Waals surface area (Å²) in [6.07, 6.45) is 4.02. The van der Waals surface area contributed by atoms with Crippen molar-refractivity contribution in [2.24, 2.45) is 5.73 Å². The van der Waals surface area contributed by atoms with Crippen LogP contribution in [0.2, 0.25) is 0 Å². The molecule has 0 fully saturated rings. The van der Waals surface area contributed by atoms with Crippen LogP contribution in [0.25, 0.3) is 5.69 Å². The highest BCUT2D eigenvalue weighted by atomic mass is 16.5. The fourth-order valence-electron chi connectivity index (χ4n) is 1.40. The second-order valence-corrected chi connectivity index (χ2v) is 3.22. The molecule has 1 aromatic carbocycles. The Morgan fingerprint density at radius 1 is 1.07 bits per heavy atom. The maximum absolute atomic E-state index is 5.39. The van der Waals surface area contributed by atoms with Crippen LogP contribution in [0.4, 0.5) is 0 Å². The largest absolute Gasteiger partial charge is 0.492 e. The number of benzene rings is 1. The highest BCUT2D eigenvalue weighted by Crippen LogP contribution is 2.15. The van der Waals surface area contributed by atoms with Crippen molar-refractivity contribution in [3.63, 3.8) is 0 Å². The number of nitrogens with two attached hydrogens (primary N) is 1. The second-order valence-electron chi connectivity index (χ2n) is 3.22. The van der Waals surface area contributed by atoms with Crippen molar-refractivity contribution in [2.45, 2.75) is 0 Å². The molecule has 3 nitrogen and oxygen atoms in total. The molecule has 0 atom stereocenters. The van der Waals surface area contributed by atoms with Gasteiger partial charge in [0.1, 0.15) is 12.4 Å². The van der Waals surface area contributed by atoms with Gasteiger partial charge in [0.2, 0.25) is 0 Å². The summed E-state index contributed by atoms with van der Waals surface area (Å²) in [6.45, 7) is 1.10. The molecule has 0 aliphatic heterocycles. The van der Waals surface area contributed by atoms with Crippen LogP contribution in [0.15, 0.2) is 48.8 Å². The van der Waals surface area contributed by atoms with Gasteiger partial charge in [0, 0.05) is 24.6 Å². The Balaban J connectivity index is 2.11. The van der Waals surface area contributed by atoms with E-state index in [0.29, 0.717) is 13.2 Å². The van der Waals surface area contributed by atoms with E-state index in [9.17, 15) is 0 Å². The maximum Gasteiger partial charge on any atom is 0.119 e. The molecule has 0 saturated heterocycles. The SMILES string of the molecule is NCCOc1ccc(-n2cccc2)cc1. The first-order valence-electron chi connectivity index (χ1n) is 4.96. The van der Waals surface area contributed by atoms with Crippen LogP contribution in [0.5, 0.6) is 5.75 Å². The lowest BCUT2D eigenvalue weighted by Gasteiger charge is -2.06. The molecule has 15 heavy (non-hydrogen) atoms. The third kappa shape index (κ3) is 2.39. The lowest BCUT2D eigenvalue weighted by molar-refractivity contribution is 0.328. The van der Waals surface area contributed by atoms with Gasteiger partial charge in [0.15, 0.2) is 0 Å². The molecular weight excluding hydrogens is 188 g/mol. The van der Waals surface area contributed by atoms with Gasteiger partial charge in [0.05, 0.1) is 0 Å². The normalized spacial score (nSPS) is 10.2. The van der Waals surface area contributed by atoms with E-state index in [4.69, 9.17) is 10.5 Å². The highest BCUT2D eigenvalue weighted by Gasteiger charge is 1.95. The molecule has 0 unspecified atom stereocenters. The van der Waals surface area contributed by atoms with Crippen LogP contribution in [-0.2, 0) is 0 Å². The van der Waals surface area contributed by atoms with Gasteiger partial charge < -0.3 is 15.0 Å². The third-order valence-corrected chi connectivity index (χ3v) is 2.13. The Morgan fingerprint density at radius 2 is 1.73 bits per heavy atom. The molecule has 2 aromatic rings. The van der Waals surface area contributed by atoms with E-state index in [1.54, 1.807) is 0 Å². The summed E-state index contributed by atoms with van der Waals surface area (Å²) in [4.78, 5) is 0. The van der Waals surface area contributed by atoms with Crippen molar-refractivity contribution in [1.82, 2.24) is 4.57 Å².